The molecule has 1 rings (SSSR count). The van der Waals surface area contributed by atoms with Gasteiger partial charge in [0, 0.05) is 0 Å². The topological polar surface area (TPSA) is 40.5 Å². The number of unbranched alkanes of at least 4 members (excludes halogenated alkanes) is 2. The van der Waals surface area contributed by atoms with Crippen LogP contribution in [0.4, 0.5) is 0 Å². The predicted molar refractivity (Wildman–Crippen MR) is 56.4 cm³/mol. The largest absolute Gasteiger partial charge is 0.480 e. The van der Waals surface area contributed by atoms with Crippen molar-refractivity contribution in [2.24, 2.45) is 0 Å². The average Bonchev–Trinajstić information content (AvgIpc) is 2.50. The number of hydrogen-bond acceptors (Lipinski definition) is 2. The summed E-state index contributed by atoms with van der Waals surface area (Å²) in [5.41, 5.74) is -0.590. The Kier molecular flexibility index (Phi) is 3.93. The first-order valence-corrected chi connectivity index (χ1v) is 5.59. The van der Waals surface area contributed by atoms with E-state index in [0.717, 1.165) is 32.4 Å². The van der Waals surface area contributed by atoms with Crippen molar-refractivity contribution in [2.45, 2.75) is 51.5 Å². The van der Waals surface area contributed by atoms with Crippen LogP contribution in [0, 0.1) is 0 Å². The number of rotatable bonds is 5. The van der Waals surface area contributed by atoms with Gasteiger partial charge in [0.2, 0.25) is 0 Å². The zero-order chi connectivity index (χ0) is 10.6. The minimum atomic E-state index is -0.661. The van der Waals surface area contributed by atoms with Crippen LogP contribution < -0.4 is 0 Å². The van der Waals surface area contributed by atoms with E-state index in [1.807, 2.05) is 6.92 Å². The summed E-state index contributed by atoms with van der Waals surface area (Å²) in [6.45, 7) is 5.91. The molecule has 0 spiro atoms. The molecule has 1 saturated heterocycles. The summed E-state index contributed by atoms with van der Waals surface area (Å²) >= 11 is 0. The summed E-state index contributed by atoms with van der Waals surface area (Å²) in [5.74, 6) is -0.661. The fourth-order valence-corrected chi connectivity index (χ4v) is 2.17. The van der Waals surface area contributed by atoms with E-state index in [1.54, 1.807) is 0 Å². The first-order valence-electron chi connectivity index (χ1n) is 5.59. The SMILES string of the molecule is CCCCCN1CCCC1(C)C(=O)O. The molecule has 1 N–H and O–H groups in total. The van der Waals surface area contributed by atoms with Crippen LogP contribution in [-0.4, -0.2) is 34.6 Å². The van der Waals surface area contributed by atoms with E-state index in [4.69, 9.17) is 5.11 Å². The molecule has 1 aliphatic heterocycles. The van der Waals surface area contributed by atoms with Crippen LogP contribution in [0.25, 0.3) is 0 Å². The van der Waals surface area contributed by atoms with Crippen molar-refractivity contribution >= 4 is 5.97 Å². The van der Waals surface area contributed by atoms with E-state index in [2.05, 4.69) is 11.8 Å². The van der Waals surface area contributed by atoms with Gasteiger partial charge in [0.25, 0.3) is 0 Å². The maximum absolute atomic E-state index is 11.1. The maximum Gasteiger partial charge on any atom is 0.323 e. The highest BCUT2D eigenvalue weighted by atomic mass is 16.4. The van der Waals surface area contributed by atoms with Crippen molar-refractivity contribution in [1.29, 1.82) is 0 Å². The van der Waals surface area contributed by atoms with Crippen LogP contribution in [0.1, 0.15) is 46.0 Å². The quantitative estimate of drug-likeness (QED) is 0.689. The molecule has 1 aliphatic rings. The predicted octanol–water partition coefficient (Wildman–Crippen LogP) is 2.12. The highest BCUT2D eigenvalue weighted by molar-refractivity contribution is 5.78. The minimum absolute atomic E-state index is 0.590. The second-order valence-electron chi connectivity index (χ2n) is 4.38. The second-order valence-corrected chi connectivity index (χ2v) is 4.38. The zero-order valence-electron chi connectivity index (χ0n) is 9.25. The molecule has 1 atom stereocenters. The number of carbonyl (C=O) groups is 1. The van der Waals surface area contributed by atoms with Crippen LogP contribution in [0.5, 0.6) is 0 Å². The molecule has 0 radical (unpaired) electrons. The van der Waals surface area contributed by atoms with Crippen molar-refractivity contribution in [3.8, 4) is 0 Å². The Morgan fingerprint density at radius 3 is 2.79 bits per heavy atom. The maximum atomic E-state index is 11.1. The highest BCUT2D eigenvalue weighted by Gasteiger charge is 2.42. The van der Waals surface area contributed by atoms with Crippen molar-refractivity contribution in [2.75, 3.05) is 13.1 Å². The summed E-state index contributed by atoms with van der Waals surface area (Å²) in [6.07, 6.45) is 5.34. The van der Waals surface area contributed by atoms with Crippen molar-refractivity contribution in [3.05, 3.63) is 0 Å². The van der Waals surface area contributed by atoms with Gasteiger partial charge < -0.3 is 5.11 Å². The normalized spacial score (nSPS) is 28.1. The highest BCUT2D eigenvalue weighted by Crippen LogP contribution is 2.29. The van der Waals surface area contributed by atoms with Gasteiger partial charge >= 0.3 is 5.97 Å². The van der Waals surface area contributed by atoms with Crippen molar-refractivity contribution < 1.29 is 9.90 Å². The standard InChI is InChI=1S/C11H21NO2/c1-3-4-5-8-12-9-6-7-11(12,2)10(13)14/h3-9H2,1-2H3,(H,13,14). The van der Waals surface area contributed by atoms with Gasteiger partial charge in [-0.1, -0.05) is 19.8 Å². The number of carboxylic acid groups (broad SMARTS) is 1. The molecule has 0 amide bonds. The van der Waals surface area contributed by atoms with E-state index in [1.165, 1.54) is 12.8 Å². The number of likely N-dealkylation sites (tertiary alicyclic amines) is 1. The van der Waals surface area contributed by atoms with E-state index in [9.17, 15) is 4.79 Å². The summed E-state index contributed by atoms with van der Waals surface area (Å²) in [4.78, 5) is 13.3. The average molecular weight is 199 g/mol. The van der Waals surface area contributed by atoms with Crippen LogP contribution in [0.15, 0.2) is 0 Å². The molecule has 1 unspecified atom stereocenters. The fourth-order valence-electron chi connectivity index (χ4n) is 2.17. The third-order valence-electron chi connectivity index (χ3n) is 3.28. The molecule has 3 heteroatoms. The van der Waals surface area contributed by atoms with Crippen LogP contribution >= 0.6 is 0 Å². The lowest BCUT2D eigenvalue weighted by Gasteiger charge is -2.31. The first-order chi connectivity index (χ1) is 6.61. The summed E-state index contributed by atoms with van der Waals surface area (Å²) in [5, 5.41) is 9.16. The molecule has 3 nitrogen and oxygen atoms in total. The molecule has 1 fully saturated rings. The van der Waals surface area contributed by atoms with Gasteiger partial charge in [0.1, 0.15) is 5.54 Å². The molecule has 0 aromatic heterocycles. The third-order valence-corrected chi connectivity index (χ3v) is 3.28. The lowest BCUT2D eigenvalue weighted by Crippen LogP contribution is -2.48. The monoisotopic (exact) mass is 199 g/mol. The van der Waals surface area contributed by atoms with Crippen molar-refractivity contribution in [1.82, 2.24) is 4.90 Å². The zero-order valence-corrected chi connectivity index (χ0v) is 9.25. The van der Waals surface area contributed by atoms with E-state index >= 15 is 0 Å². The summed E-state index contributed by atoms with van der Waals surface area (Å²) < 4.78 is 0. The number of nitrogens with zero attached hydrogens (tertiary/aromatic N) is 1. The van der Waals surface area contributed by atoms with Gasteiger partial charge in [0.05, 0.1) is 0 Å². The Balaban J connectivity index is 2.46. The number of carboxylic acids is 1. The third kappa shape index (κ3) is 2.27. The van der Waals surface area contributed by atoms with Crippen LogP contribution in [0.2, 0.25) is 0 Å². The molecule has 0 aliphatic carbocycles. The number of hydrogen-bond donors (Lipinski definition) is 1. The Morgan fingerprint density at radius 1 is 1.50 bits per heavy atom. The molecule has 1 heterocycles. The van der Waals surface area contributed by atoms with Gasteiger partial charge in [-0.2, -0.15) is 0 Å². The Labute approximate surface area is 86.1 Å². The van der Waals surface area contributed by atoms with E-state index < -0.39 is 11.5 Å². The van der Waals surface area contributed by atoms with Gasteiger partial charge in [-0.15, -0.1) is 0 Å². The second kappa shape index (κ2) is 4.78. The molecule has 0 aromatic carbocycles. The van der Waals surface area contributed by atoms with Crippen LogP contribution in [0.3, 0.4) is 0 Å². The molecular formula is C11H21NO2. The molecule has 14 heavy (non-hydrogen) atoms. The Morgan fingerprint density at radius 2 is 2.21 bits per heavy atom. The molecule has 82 valence electrons. The first kappa shape index (κ1) is 11.5. The molecule has 0 aromatic rings. The lowest BCUT2D eigenvalue weighted by molar-refractivity contribution is -0.148. The molecular weight excluding hydrogens is 178 g/mol. The summed E-state index contributed by atoms with van der Waals surface area (Å²) in [7, 11) is 0. The minimum Gasteiger partial charge on any atom is -0.480 e. The van der Waals surface area contributed by atoms with Crippen molar-refractivity contribution in [3.63, 3.8) is 0 Å². The lowest BCUT2D eigenvalue weighted by atomic mass is 9.99. The number of aliphatic carboxylic acids is 1. The van der Waals surface area contributed by atoms with Gasteiger partial charge in [-0.05, 0) is 39.3 Å². The van der Waals surface area contributed by atoms with E-state index in [-0.39, 0.29) is 0 Å². The van der Waals surface area contributed by atoms with Gasteiger partial charge in [-0.25, -0.2) is 0 Å². The smallest absolute Gasteiger partial charge is 0.323 e. The Bertz CT molecular complexity index is 205. The van der Waals surface area contributed by atoms with Gasteiger partial charge in [0.15, 0.2) is 0 Å². The summed E-state index contributed by atoms with van der Waals surface area (Å²) in [6, 6.07) is 0. The molecule has 0 saturated carbocycles. The van der Waals surface area contributed by atoms with E-state index in [0.29, 0.717) is 0 Å². The Hall–Kier alpha value is -0.570. The molecule has 0 bridgehead atoms. The fraction of sp³-hybridized carbons (Fsp3) is 0.909. The van der Waals surface area contributed by atoms with Crippen LogP contribution in [-0.2, 0) is 4.79 Å². The van der Waals surface area contributed by atoms with Gasteiger partial charge in [-0.3, -0.25) is 9.69 Å².